The molecule has 9 heteroatoms. The molecule has 2 heterocycles. The Balaban J connectivity index is 1.92. The summed E-state index contributed by atoms with van der Waals surface area (Å²) in [7, 11) is 0. The predicted octanol–water partition coefficient (Wildman–Crippen LogP) is 0.277. The van der Waals surface area contributed by atoms with Crippen molar-refractivity contribution in [1.82, 2.24) is 24.7 Å². The third-order valence-corrected chi connectivity index (χ3v) is 3.41. The van der Waals surface area contributed by atoms with Gasteiger partial charge in [0.05, 0.1) is 12.3 Å². The highest BCUT2D eigenvalue weighted by atomic mass is 32.2. The van der Waals surface area contributed by atoms with E-state index in [1.54, 1.807) is 18.5 Å². The molecule has 0 spiro atoms. The number of amides is 1. The Morgan fingerprint density at radius 1 is 1.40 bits per heavy atom. The van der Waals surface area contributed by atoms with E-state index in [9.17, 15) is 4.79 Å². The van der Waals surface area contributed by atoms with E-state index >= 15 is 0 Å². The monoisotopic (exact) mass is 293 g/mol. The standard InChI is InChI=1S/C11H15N7OS/c1-2-18-8(6-12)16-17-11(18)20-7-9(19)15-10-13-4-3-5-14-10/h3-5H,2,6-7,12H2,1H3,(H,13,14,15,19). The molecule has 20 heavy (non-hydrogen) atoms. The van der Waals surface area contributed by atoms with Crippen molar-refractivity contribution in [3.63, 3.8) is 0 Å². The Hall–Kier alpha value is -2.00. The minimum Gasteiger partial charge on any atom is -0.324 e. The minimum absolute atomic E-state index is 0.193. The maximum atomic E-state index is 11.8. The summed E-state index contributed by atoms with van der Waals surface area (Å²) in [6.07, 6.45) is 3.13. The highest BCUT2D eigenvalue weighted by Gasteiger charge is 2.12. The van der Waals surface area contributed by atoms with Gasteiger partial charge in [0, 0.05) is 18.9 Å². The Kier molecular flexibility index (Phi) is 5.02. The zero-order chi connectivity index (χ0) is 14.4. The quantitative estimate of drug-likeness (QED) is 0.735. The fourth-order valence-electron chi connectivity index (χ4n) is 1.55. The molecule has 0 atom stereocenters. The molecule has 106 valence electrons. The summed E-state index contributed by atoms with van der Waals surface area (Å²) < 4.78 is 1.89. The second kappa shape index (κ2) is 6.96. The van der Waals surface area contributed by atoms with Crippen LogP contribution >= 0.6 is 11.8 Å². The van der Waals surface area contributed by atoms with E-state index in [2.05, 4.69) is 25.5 Å². The molecule has 0 saturated heterocycles. The average Bonchev–Trinajstić information content (AvgIpc) is 2.88. The lowest BCUT2D eigenvalue weighted by molar-refractivity contribution is -0.113. The highest BCUT2D eigenvalue weighted by Crippen LogP contribution is 2.16. The van der Waals surface area contributed by atoms with Gasteiger partial charge in [0.1, 0.15) is 5.82 Å². The maximum Gasteiger partial charge on any atom is 0.237 e. The van der Waals surface area contributed by atoms with Crippen LogP contribution in [0.25, 0.3) is 0 Å². The first-order chi connectivity index (χ1) is 9.74. The topological polar surface area (TPSA) is 112 Å². The Bertz CT molecular complexity index is 571. The van der Waals surface area contributed by atoms with E-state index in [0.717, 1.165) is 0 Å². The normalized spacial score (nSPS) is 10.5. The molecule has 2 rings (SSSR count). The van der Waals surface area contributed by atoms with Gasteiger partial charge >= 0.3 is 0 Å². The number of hydrogen-bond donors (Lipinski definition) is 2. The zero-order valence-electron chi connectivity index (χ0n) is 11.0. The van der Waals surface area contributed by atoms with Crippen LogP contribution in [0, 0.1) is 0 Å². The largest absolute Gasteiger partial charge is 0.324 e. The van der Waals surface area contributed by atoms with Crippen molar-refractivity contribution >= 4 is 23.6 Å². The van der Waals surface area contributed by atoms with Crippen molar-refractivity contribution in [1.29, 1.82) is 0 Å². The first-order valence-electron chi connectivity index (χ1n) is 6.06. The van der Waals surface area contributed by atoms with Gasteiger partial charge in [-0.15, -0.1) is 10.2 Å². The number of nitrogens with one attached hydrogen (secondary N) is 1. The molecule has 0 aliphatic rings. The molecule has 0 unspecified atom stereocenters. The summed E-state index contributed by atoms with van der Waals surface area (Å²) in [5.74, 6) is 1.02. The first kappa shape index (κ1) is 14.4. The second-order valence-corrected chi connectivity index (χ2v) is 4.70. The van der Waals surface area contributed by atoms with Crippen LogP contribution in [0.4, 0.5) is 5.95 Å². The Morgan fingerprint density at radius 3 is 2.80 bits per heavy atom. The number of aromatic nitrogens is 5. The van der Waals surface area contributed by atoms with E-state index in [1.165, 1.54) is 11.8 Å². The molecule has 0 aromatic carbocycles. The van der Waals surface area contributed by atoms with Gasteiger partial charge in [-0.05, 0) is 13.0 Å². The third kappa shape index (κ3) is 3.52. The Morgan fingerprint density at radius 2 is 2.15 bits per heavy atom. The first-order valence-corrected chi connectivity index (χ1v) is 7.05. The van der Waals surface area contributed by atoms with Crippen LogP contribution in [0.5, 0.6) is 0 Å². The van der Waals surface area contributed by atoms with Crippen LogP contribution in [0.2, 0.25) is 0 Å². The van der Waals surface area contributed by atoms with E-state index in [4.69, 9.17) is 5.73 Å². The number of nitrogens with two attached hydrogens (primary N) is 1. The number of carbonyl (C=O) groups excluding carboxylic acids is 1. The van der Waals surface area contributed by atoms with Crippen LogP contribution in [0.15, 0.2) is 23.6 Å². The second-order valence-electron chi connectivity index (χ2n) is 3.76. The van der Waals surface area contributed by atoms with Crippen molar-refractivity contribution in [2.75, 3.05) is 11.1 Å². The van der Waals surface area contributed by atoms with E-state index in [0.29, 0.717) is 24.1 Å². The highest BCUT2D eigenvalue weighted by molar-refractivity contribution is 7.99. The molecule has 0 aliphatic heterocycles. The molecular formula is C11H15N7OS. The molecule has 8 nitrogen and oxygen atoms in total. The number of anilines is 1. The number of thioether (sulfide) groups is 1. The van der Waals surface area contributed by atoms with E-state index in [-0.39, 0.29) is 17.6 Å². The van der Waals surface area contributed by atoms with Crippen molar-refractivity contribution in [3.8, 4) is 0 Å². The van der Waals surface area contributed by atoms with Gasteiger partial charge in [-0.25, -0.2) is 9.97 Å². The number of nitrogens with zero attached hydrogens (tertiary/aromatic N) is 5. The van der Waals surface area contributed by atoms with E-state index in [1.807, 2.05) is 11.5 Å². The van der Waals surface area contributed by atoms with Crippen molar-refractivity contribution in [2.45, 2.75) is 25.2 Å². The molecule has 0 aliphatic carbocycles. The number of rotatable bonds is 6. The lowest BCUT2D eigenvalue weighted by Gasteiger charge is -2.05. The summed E-state index contributed by atoms with van der Waals surface area (Å²) in [6, 6.07) is 1.68. The minimum atomic E-state index is -0.193. The molecule has 0 radical (unpaired) electrons. The van der Waals surface area contributed by atoms with E-state index < -0.39 is 0 Å². The molecule has 0 fully saturated rings. The molecule has 2 aromatic rings. The van der Waals surface area contributed by atoms with Crippen molar-refractivity contribution < 1.29 is 4.79 Å². The smallest absolute Gasteiger partial charge is 0.237 e. The lowest BCUT2D eigenvalue weighted by Crippen LogP contribution is -2.16. The van der Waals surface area contributed by atoms with Gasteiger partial charge in [-0.1, -0.05) is 11.8 Å². The van der Waals surface area contributed by atoms with Crippen molar-refractivity contribution in [3.05, 3.63) is 24.3 Å². The summed E-state index contributed by atoms with van der Waals surface area (Å²) in [5, 5.41) is 11.3. The summed E-state index contributed by atoms with van der Waals surface area (Å²) in [4.78, 5) is 19.6. The van der Waals surface area contributed by atoms with Crippen LogP contribution in [-0.4, -0.2) is 36.4 Å². The predicted molar refractivity (Wildman–Crippen MR) is 75.0 cm³/mol. The number of hydrogen-bond acceptors (Lipinski definition) is 7. The van der Waals surface area contributed by atoms with Gasteiger partial charge < -0.3 is 10.3 Å². The zero-order valence-corrected chi connectivity index (χ0v) is 11.8. The molecule has 1 amide bonds. The number of carbonyl (C=O) groups is 1. The van der Waals surface area contributed by atoms with Crippen LogP contribution in [-0.2, 0) is 17.9 Å². The third-order valence-electron chi connectivity index (χ3n) is 2.44. The molecule has 0 bridgehead atoms. The summed E-state index contributed by atoms with van der Waals surface area (Å²) in [5.41, 5.74) is 5.57. The van der Waals surface area contributed by atoms with Crippen LogP contribution < -0.4 is 11.1 Å². The average molecular weight is 293 g/mol. The fourth-order valence-corrected chi connectivity index (χ4v) is 2.37. The van der Waals surface area contributed by atoms with Crippen LogP contribution in [0.1, 0.15) is 12.7 Å². The molecule has 0 saturated carbocycles. The molecule has 2 aromatic heterocycles. The lowest BCUT2D eigenvalue weighted by atomic mass is 10.6. The van der Waals surface area contributed by atoms with Gasteiger partial charge in [0.15, 0.2) is 5.16 Å². The fraction of sp³-hybridized carbons (Fsp3) is 0.364. The maximum absolute atomic E-state index is 11.8. The van der Waals surface area contributed by atoms with Gasteiger partial charge in [0.2, 0.25) is 11.9 Å². The molecular weight excluding hydrogens is 278 g/mol. The van der Waals surface area contributed by atoms with Crippen molar-refractivity contribution in [2.24, 2.45) is 5.73 Å². The van der Waals surface area contributed by atoms with Gasteiger partial charge in [-0.3, -0.25) is 10.1 Å². The molecule has 3 N–H and O–H groups in total. The van der Waals surface area contributed by atoms with Crippen LogP contribution in [0.3, 0.4) is 0 Å². The Labute approximate surface area is 120 Å². The summed E-state index contributed by atoms with van der Waals surface area (Å²) in [6.45, 7) is 3.02. The van der Waals surface area contributed by atoms with Gasteiger partial charge in [0.25, 0.3) is 0 Å². The summed E-state index contributed by atoms with van der Waals surface area (Å²) >= 11 is 1.30. The SMILES string of the molecule is CCn1c(CN)nnc1SCC(=O)Nc1ncccn1. The van der Waals surface area contributed by atoms with Gasteiger partial charge in [-0.2, -0.15) is 0 Å².